The summed E-state index contributed by atoms with van der Waals surface area (Å²) >= 11 is 0. The molecule has 1 aliphatic rings. The van der Waals surface area contributed by atoms with Crippen LogP contribution in [0.1, 0.15) is 19.8 Å². The number of carboxylic acid groups (broad SMARTS) is 2. The fraction of sp³-hybridized carbons (Fsp3) is 0.700. The highest BCUT2D eigenvalue weighted by Crippen LogP contribution is 2.02. The predicted molar refractivity (Wildman–Crippen MR) is 59.1 cm³/mol. The fourth-order valence-corrected chi connectivity index (χ4v) is 0.941. The number of hydrogen-bond acceptors (Lipinski definition) is 7. The summed E-state index contributed by atoms with van der Waals surface area (Å²) in [6.07, 6.45) is -2.33. The fourth-order valence-electron chi connectivity index (χ4n) is 0.941. The molecule has 1 atom stereocenters. The topological polar surface area (TPSA) is 129 Å². The van der Waals surface area contributed by atoms with E-state index in [-0.39, 0.29) is 19.3 Å². The molecule has 0 amide bonds. The zero-order valence-electron chi connectivity index (χ0n) is 10.4. The van der Waals surface area contributed by atoms with Gasteiger partial charge in [0.1, 0.15) is 12.7 Å². The Labute approximate surface area is 109 Å². The van der Waals surface area contributed by atoms with E-state index in [1.54, 1.807) is 6.92 Å². The van der Waals surface area contributed by atoms with Gasteiger partial charge < -0.3 is 29.2 Å². The summed E-state index contributed by atoms with van der Waals surface area (Å²) < 4.78 is 17.2. The number of hydrogen-bond donors (Lipinski definition) is 2. The largest absolute Gasteiger partial charge is 0.508 e. The number of cyclic esters (lactones) is 2. The van der Waals surface area contributed by atoms with Gasteiger partial charge in [-0.2, -0.15) is 0 Å². The SMILES string of the molecule is CC1COC(=O)O1.O=C(O)OCCCCOC(=O)O. The minimum atomic E-state index is -1.32. The molecule has 1 unspecified atom stereocenters. The number of unbranched alkanes of at least 4 members (excludes halogenated alkanes) is 1. The Bertz CT molecular complexity index is 283. The first-order valence-electron chi connectivity index (χ1n) is 5.46. The molecule has 0 radical (unpaired) electrons. The molecule has 19 heavy (non-hydrogen) atoms. The normalized spacial score (nSPS) is 16.5. The highest BCUT2D eigenvalue weighted by atomic mass is 16.8. The van der Waals surface area contributed by atoms with Crippen LogP contribution in [-0.2, 0) is 18.9 Å². The first-order valence-corrected chi connectivity index (χ1v) is 5.46. The second-order valence-electron chi connectivity index (χ2n) is 3.43. The maximum Gasteiger partial charge on any atom is 0.508 e. The molecule has 0 aromatic carbocycles. The van der Waals surface area contributed by atoms with Crippen LogP contribution in [0.15, 0.2) is 0 Å². The molecule has 110 valence electrons. The monoisotopic (exact) mass is 280 g/mol. The maximum atomic E-state index is 10.0. The van der Waals surface area contributed by atoms with Crippen molar-refractivity contribution in [1.82, 2.24) is 0 Å². The third-order valence-electron chi connectivity index (χ3n) is 1.72. The summed E-state index contributed by atoms with van der Waals surface area (Å²) in [5, 5.41) is 16.0. The molecule has 0 aromatic rings. The summed E-state index contributed by atoms with van der Waals surface area (Å²) in [4.78, 5) is 29.6. The van der Waals surface area contributed by atoms with Gasteiger partial charge in [0.15, 0.2) is 0 Å². The minimum Gasteiger partial charge on any atom is -0.450 e. The van der Waals surface area contributed by atoms with Gasteiger partial charge in [-0.3, -0.25) is 0 Å². The highest BCUT2D eigenvalue weighted by molar-refractivity contribution is 5.61. The van der Waals surface area contributed by atoms with Crippen LogP contribution < -0.4 is 0 Å². The Balaban J connectivity index is 0.000000388. The van der Waals surface area contributed by atoms with Crippen molar-refractivity contribution >= 4 is 18.5 Å². The van der Waals surface area contributed by atoms with Crippen LogP contribution in [0.25, 0.3) is 0 Å². The average molecular weight is 280 g/mol. The third kappa shape index (κ3) is 12.1. The van der Waals surface area contributed by atoms with E-state index >= 15 is 0 Å². The van der Waals surface area contributed by atoms with Gasteiger partial charge in [0.05, 0.1) is 13.2 Å². The van der Waals surface area contributed by atoms with Crippen LogP contribution in [-0.4, -0.2) is 54.6 Å². The molecule has 1 fully saturated rings. The van der Waals surface area contributed by atoms with Gasteiger partial charge in [-0.05, 0) is 19.8 Å². The lowest BCUT2D eigenvalue weighted by atomic mass is 10.3. The first-order chi connectivity index (χ1) is 8.91. The molecule has 0 aliphatic carbocycles. The molecule has 0 spiro atoms. The summed E-state index contributed by atoms with van der Waals surface area (Å²) in [5.41, 5.74) is 0. The van der Waals surface area contributed by atoms with E-state index in [0.29, 0.717) is 19.4 Å². The van der Waals surface area contributed by atoms with Crippen LogP contribution in [0.4, 0.5) is 14.4 Å². The Hall–Kier alpha value is -2.19. The minimum absolute atomic E-state index is 0.0486. The summed E-state index contributed by atoms with van der Waals surface area (Å²) in [5.74, 6) is 0. The van der Waals surface area contributed by atoms with Gasteiger partial charge >= 0.3 is 18.5 Å². The zero-order chi connectivity index (χ0) is 14.7. The molecule has 0 saturated carbocycles. The van der Waals surface area contributed by atoms with Crippen LogP contribution in [0, 0.1) is 0 Å². The Kier molecular flexibility index (Phi) is 8.67. The van der Waals surface area contributed by atoms with Crippen molar-refractivity contribution in [3.63, 3.8) is 0 Å². The van der Waals surface area contributed by atoms with Crippen LogP contribution in [0.3, 0.4) is 0 Å². The van der Waals surface area contributed by atoms with Gasteiger partial charge in [0.25, 0.3) is 0 Å². The lowest BCUT2D eigenvalue weighted by molar-refractivity contribution is 0.0769. The van der Waals surface area contributed by atoms with Crippen LogP contribution >= 0.6 is 0 Å². The van der Waals surface area contributed by atoms with E-state index < -0.39 is 18.5 Å². The number of carbonyl (C=O) groups is 3. The molecular formula is C10H16O9. The average Bonchev–Trinajstić information content (AvgIpc) is 2.67. The van der Waals surface area contributed by atoms with Gasteiger partial charge in [-0.15, -0.1) is 0 Å². The standard InChI is InChI=1S/C6H10O6.C4H6O3/c7-5(8)11-3-1-2-4-12-6(9)10;1-3-2-6-4(5)7-3/h1-4H2,(H,7,8)(H,9,10);3H,2H2,1H3. The van der Waals surface area contributed by atoms with Gasteiger partial charge in [0.2, 0.25) is 0 Å². The molecule has 0 bridgehead atoms. The van der Waals surface area contributed by atoms with Gasteiger partial charge in [-0.25, -0.2) is 14.4 Å². The van der Waals surface area contributed by atoms with Crippen molar-refractivity contribution in [3.05, 3.63) is 0 Å². The van der Waals surface area contributed by atoms with Gasteiger partial charge in [-0.1, -0.05) is 0 Å². The number of rotatable bonds is 5. The lowest BCUT2D eigenvalue weighted by Crippen LogP contribution is -2.05. The summed E-state index contributed by atoms with van der Waals surface area (Å²) in [6, 6.07) is 0. The third-order valence-corrected chi connectivity index (χ3v) is 1.72. The molecule has 1 aliphatic heterocycles. The first kappa shape index (κ1) is 16.8. The summed E-state index contributed by atoms with van der Waals surface area (Å²) in [6.45, 7) is 2.32. The molecule has 2 N–H and O–H groups in total. The molecular weight excluding hydrogens is 264 g/mol. The van der Waals surface area contributed by atoms with E-state index in [1.165, 1.54) is 0 Å². The van der Waals surface area contributed by atoms with Crippen molar-refractivity contribution in [2.45, 2.75) is 25.9 Å². The highest BCUT2D eigenvalue weighted by Gasteiger charge is 2.19. The van der Waals surface area contributed by atoms with Crippen LogP contribution in [0.5, 0.6) is 0 Å². The molecule has 1 heterocycles. The Morgan fingerprint density at radius 3 is 1.89 bits per heavy atom. The van der Waals surface area contributed by atoms with Crippen molar-refractivity contribution in [3.8, 4) is 0 Å². The molecule has 1 saturated heterocycles. The second kappa shape index (κ2) is 9.80. The van der Waals surface area contributed by atoms with Crippen molar-refractivity contribution in [2.75, 3.05) is 19.8 Å². The quantitative estimate of drug-likeness (QED) is 0.439. The molecule has 0 aromatic heterocycles. The zero-order valence-corrected chi connectivity index (χ0v) is 10.4. The van der Waals surface area contributed by atoms with Crippen LogP contribution in [0.2, 0.25) is 0 Å². The van der Waals surface area contributed by atoms with Crippen molar-refractivity contribution in [2.24, 2.45) is 0 Å². The lowest BCUT2D eigenvalue weighted by Gasteiger charge is -2.00. The van der Waals surface area contributed by atoms with Gasteiger partial charge in [0, 0.05) is 0 Å². The Morgan fingerprint density at radius 1 is 1.21 bits per heavy atom. The smallest absolute Gasteiger partial charge is 0.450 e. The Morgan fingerprint density at radius 2 is 1.68 bits per heavy atom. The van der Waals surface area contributed by atoms with E-state index in [1.807, 2.05) is 0 Å². The maximum absolute atomic E-state index is 10.0. The van der Waals surface area contributed by atoms with Crippen molar-refractivity contribution < 1.29 is 43.5 Å². The number of carbonyl (C=O) groups excluding carboxylic acids is 1. The van der Waals surface area contributed by atoms with E-state index in [4.69, 9.17) is 10.2 Å². The van der Waals surface area contributed by atoms with E-state index in [9.17, 15) is 14.4 Å². The summed E-state index contributed by atoms with van der Waals surface area (Å²) in [7, 11) is 0. The van der Waals surface area contributed by atoms with Crippen molar-refractivity contribution in [1.29, 1.82) is 0 Å². The van der Waals surface area contributed by atoms with E-state index in [0.717, 1.165) is 0 Å². The molecule has 1 rings (SSSR count). The molecule has 9 heteroatoms. The second-order valence-corrected chi connectivity index (χ2v) is 3.43. The van der Waals surface area contributed by atoms with E-state index in [2.05, 4.69) is 18.9 Å². The molecule has 9 nitrogen and oxygen atoms in total. The number of ether oxygens (including phenoxy) is 4. The predicted octanol–water partition coefficient (Wildman–Crippen LogP) is 1.70.